The van der Waals surface area contributed by atoms with Crippen molar-refractivity contribution < 1.29 is 9.32 Å². The molecule has 4 rings (SSSR count). The number of hydrogen-bond donors (Lipinski definition) is 1. The maximum absolute atomic E-state index is 12.3. The molecule has 2 aromatic heterocycles. The third-order valence-corrected chi connectivity index (χ3v) is 5.83. The van der Waals surface area contributed by atoms with Crippen LogP contribution in [0.5, 0.6) is 0 Å². The number of carbonyl (C=O) groups is 1. The highest BCUT2D eigenvalue weighted by Crippen LogP contribution is 2.40. The van der Waals surface area contributed by atoms with E-state index in [2.05, 4.69) is 38.7 Å². The lowest BCUT2D eigenvalue weighted by atomic mass is 10.2. The van der Waals surface area contributed by atoms with Gasteiger partial charge in [0.25, 0.3) is 0 Å². The molecule has 6 nitrogen and oxygen atoms in total. The van der Waals surface area contributed by atoms with Gasteiger partial charge in [0.15, 0.2) is 5.82 Å². The second-order valence-electron chi connectivity index (χ2n) is 6.70. The monoisotopic (exact) mass is 346 g/mol. The van der Waals surface area contributed by atoms with Crippen LogP contribution in [0.4, 0.5) is 0 Å². The highest BCUT2D eigenvalue weighted by molar-refractivity contribution is 7.10. The Labute approximate surface area is 145 Å². The van der Waals surface area contributed by atoms with Gasteiger partial charge in [0.05, 0.1) is 19.1 Å². The van der Waals surface area contributed by atoms with Gasteiger partial charge in [0, 0.05) is 10.8 Å². The molecule has 128 valence electrons. The van der Waals surface area contributed by atoms with Crippen molar-refractivity contribution in [1.82, 2.24) is 20.4 Å². The number of thiophene rings is 1. The quantitative estimate of drug-likeness (QED) is 0.871. The first-order chi connectivity index (χ1) is 11.7. The van der Waals surface area contributed by atoms with Crippen molar-refractivity contribution in [2.75, 3.05) is 13.1 Å². The number of aromatic nitrogens is 2. The van der Waals surface area contributed by atoms with Gasteiger partial charge in [-0.05, 0) is 56.2 Å². The van der Waals surface area contributed by atoms with E-state index in [0.717, 1.165) is 43.9 Å². The summed E-state index contributed by atoms with van der Waals surface area (Å²) in [5.41, 5.74) is 1.23. The minimum Gasteiger partial charge on any atom is -0.350 e. The fourth-order valence-corrected chi connectivity index (χ4v) is 4.04. The van der Waals surface area contributed by atoms with Gasteiger partial charge in [-0.25, -0.2) is 0 Å². The number of nitrogens with one attached hydrogen (secondary N) is 1. The molecule has 1 aliphatic heterocycles. The smallest absolute Gasteiger partial charge is 0.234 e. The van der Waals surface area contributed by atoms with Gasteiger partial charge in [-0.15, -0.1) is 11.3 Å². The van der Waals surface area contributed by atoms with Crippen molar-refractivity contribution in [1.29, 1.82) is 0 Å². The van der Waals surface area contributed by atoms with Crippen LogP contribution in [0.15, 0.2) is 16.0 Å². The molecule has 0 spiro atoms. The zero-order chi connectivity index (χ0) is 16.5. The summed E-state index contributed by atoms with van der Waals surface area (Å²) in [7, 11) is 0. The molecule has 1 aliphatic carbocycles. The summed E-state index contributed by atoms with van der Waals surface area (Å²) in [4.78, 5) is 20.2. The van der Waals surface area contributed by atoms with Gasteiger partial charge in [-0.2, -0.15) is 4.98 Å². The molecule has 0 aromatic carbocycles. The van der Waals surface area contributed by atoms with E-state index in [1.54, 1.807) is 11.3 Å². The first-order valence-electron chi connectivity index (χ1n) is 8.58. The van der Waals surface area contributed by atoms with Crippen LogP contribution in [0.25, 0.3) is 0 Å². The van der Waals surface area contributed by atoms with Crippen molar-refractivity contribution in [3.8, 4) is 0 Å². The number of hydrogen-bond acceptors (Lipinski definition) is 6. The van der Waals surface area contributed by atoms with Gasteiger partial charge in [-0.1, -0.05) is 5.16 Å². The molecule has 3 heterocycles. The lowest BCUT2D eigenvalue weighted by Crippen LogP contribution is -2.36. The van der Waals surface area contributed by atoms with E-state index < -0.39 is 0 Å². The molecule has 2 fully saturated rings. The molecule has 2 aromatic rings. The molecule has 2 aliphatic rings. The molecule has 1 saturated heterocycles. The van der Waals surface area contributed by atoms with Crippen molar-refractivity contribution in [2.45, 2.75) is 51.1 Å². The second kappa shape index (κ2) is 6.64. The first-order valence-corrected chi connectivity index (χ1v) is 9.46. The molecule has 1 N–H and O–H groups in total. The predicted octanol–water partition coefficient (Wildman–Crippen LogP) is 2.77. The number of likely N-dealkylation sites (tertiary alicyclic amines) is 1. The van der Waals surface area contributed by atoms with Crippen molar-refractivity contribution in [3.63, 3.8) is 0 Å². The summed E-state index contributed by atoms with van der Waals surface area (Å²) < 4.78 is 5.38. The number of rotatable bonds is 6. The van der Waals surface area contributed by atoms with Crippen molar-refractivity contribution >= 4 is 17.2 Å². The van der Waals surface area contributed by atoms with Crippen LogP contribution >= 0.6 is 11.3 Å². The molecule has 24 heavy (non-hydrogen) atoms. The van der Waals surface area contributed by atoms with Crippen LogP contribution in [0.3, 0.4) is 0 Å². The average Bonchev–Trinajstić information content (AvgIpc) is 2.97. The Balaban J connectivity index is 1.34. The fraction of sp³-hybridized carbons (Fsp3) is 0.588. The summed E-state index contributed by atoms with van der Waals surface area (Å²) in [6, 6.07) is 2.19. The Bertz CT molecular complexity index is 722. The van der Waals surface area contributed by atoms with E-state index >= 15 is 0 Å². The molecular weight excluding hydrogens is 324 g/mol. The maximum atomic E-state index is 12.3. The van der Waals surface area contributed by atoms with Crippen LogP contribution in [-0.4, -0.2) is 34.0 Å². The standard InChI is InChI=1S/C17H22N4O2S/c1-11-6-8-24-14(11)9-18-15(22)10-21-7-2-3-13(21)16-19-17(23-20-16)12-4-5-12/h6,8,12-13H,2-5,7,9-10H2,1H3,(H,18,22)/t13-/m1/s1. The van der Waals surface area contributed by atoms with Crippen molar-refractivity contribution in [3.05, 3.63) is 33.6 Å². The molecule has 0 radical (unpaired) electrons. The van der Waals surface area contributed by atoms with E-state index in [1.807, 2.05) is 0 Å². The van der Waals surface area contributed by atoms with E-state index in [1.165, 1.54) is 10.4 Å². The largest absolute Gasteiger partial charge is 0.350 e. The first kappa shape index (κ1) is 15.8. The maximum Gasteiger partial charge on any atom is 0.234 e. The molecule has 1 amide bonds. The van der Waals surface area contributed by atoms with Gasteiger partial charge in [0.1, 0.15) is 0 Å². The Morgan fingerprint density at radius 3 is 3.08 bits per heavy atom. The van der Waals surface area contributed by atoms with Gasteiger partial charge >= 0.3 is 0 Å². The minimum absolute atomic E-state index is 0.0561. The highest BCUT2D eigenvalue weighted by atomic mass is 32.1. The lowest BCUT2D eigenvalue weighted by Gasteiger charge is -2.21. The van der Waals surface area contributed by atoms with Crippen LogP contribution in [-0.2, 0) is 11.3 Å². The Kier molecular flexibility index (Phi) is 4.37. The molecule has 1 saturated carbocycles. The number of aryl methyl sites for hydroxylation is 1. The Morgan fingerprint density at radius 1 is 1.46 bits per heavy atom. The third-order valence-electron chi connectivity index (χ3n) is 4.81. The highest BCUT2D eigenvalue weighted by Gasteiger charge is 2.34. The molecule has 1 atom stereocenters. The lowest BCUT2D eigenvalue weighted by molar-refractivity contribution is -0.122. The third kappa shape index (κ3) is 3.37. The van der Waals surface area contributed by atoms with E-state index in [0.29, 0.717) is 19.0 Å². The number of amides is 1. The van der Waals surface area contributed by atoms with Crippen LogP contribution in [0, 0.1) is 6.92 Å². The van der Waals surface area contributed by atoms with Crippen LogP contribution in [0.1, 0.15) is 59.8 Å². The van der Waals surface area contributed by atoms with E-state index in [-0.39, 0.29) is 11.9 Å². The molecule has 7 heteroatoms. The van der Waals surface area contributed by atoms with Gasteiger partial charge < -0.3 is 9.84 Å². The molecular formula is C17H22N4O2S. The number of carbonyl (C=O) groups excluding carboxylic acids is 1. The topological polar surface area (TPSA) is 71.3 Å². The zero-order valence-electron chi connectivity index (χ0n) is 13.8. The summed E-state index contributed by atoms with van der Waals surface area (Å²) in [5, 5.41) is 9.24. The minimum atomic E-state index is 0.0561. The fourth-order valence-electron chi connectivity index (χ4n) is 3.19. The summed E-state index contributed by atoms with van der Waals surface area (Å²) in [5.74, 6) is 2.05. The average molecular weight is 346 g/mol. The normalized spacial score (nSPS) is 21.3. The summed E-state index contributed by atoms with van der Waals surface area (Å²) >= 11 is 1.68. The van der Waals surface area contributed by atoms with E-state index in [4.69, 9.17) is 4.52 Å². The number of nitrogens with zero attached hydrogens (tertiary/aromatic N) is 3. The SMILES string of the molecule is Cc1ccsc1CNC(=O)CN1CCC[C@@H]1c1noc(C2CC2)n1. The van der Waals surface area contributed by atoms with Gasteiger partial charge in [0.2, 0.25) is 11.8 Å². The van der Waals surface area contributed by atoms with Gasteiger partial charge in [-0.3, -0.25) is 9.69 Å². The van der Waals surface area contributed by atoms with Crippen LogP contribution < -0.4 is 5.32 Å². The zero-order valence-corrected chi connectivity index (χ0v) is 14.6. The van der Waals surface area contributed by atoms with Crippen molar-refractivity contribution in [2.24, 2.45) is 0 Å². The Hall–Kier alpha value is -1.73. The predicted molar refractivity (Wildman–Crippen MR) is 90.7 cm³/mol. The second-order valence-corrected chi connectivity index (χ2v) is 7.70. The Morgan fingerprint density at radius 2 is 2.33 bits per heavy atom. The summed E-state index contributed by atoms with van der Waals surface area (Å²) in [6.07, 6.45) is 4.36. The molecule has 0 unspecified atom stereocenters. The summed E-state index contributed by atoms with van der Waals surface area (Å²) in [6.45, 7) is 3.98. The van der Waals surface area contributed by atoms with E-state index in [9.17, 15) is 4.79 Å². The molecule has 0 bridgehead atoms. The van der Waals surface area contributed by atoms with Crippen LogP contribution in [0.2, 0.25) is 0 Å².